The van der Waals surface area contributed by atoms with E-state index in [1.165, 1.54) is 0 Å². The monoisotopic (exact) mass is 389 g/mol. The number of piperidine rings is 1. The molecule has 2 amide bonds. The summed E-state index contributed by atoms with van der Waals surface area (Å²) in [5.74, 6) is 4.91. The standard InChI is InChI=1S/C14H17BrClN3O3/c15-10-3-4-12(11(16)6-10)22-8-13(20)19-5-1-2-9(7-19)14(21)18-17/h3-4,6,9H,1-2,5,7-8,17H2,(H,18,21). The summed E-state index contributed by atoms with van der Waals surface area (Å²) in [5.41, 5.74) is 2.13. The van der Waals surface area contributed by atoms with Gasteiger partial charge in [-0.25, -0.2) is 5.84 Å². The number of halogens is 2. The quantitative estimate of drug-likeness (QED) is 0.466. The topological polar surface area (TPSA) is 84.7 Å². The highest BCUT2D eigenvalue weighted by Gasteiger charge is 2.28. The van der Waals surface area contributed by atoms with Crippen LogP contribution in [0.15, 0.2) is 22.7 Å². The number of ether oxygens (including phenoxy) is 1. The molecule has 1 unspecified atom stereocenters. The molecule has 6 nitrogen and oxygen atoms in total. The van der Waals surface area contributed by atoms with E-state index in [9.17, 15) is 9.59 Å². The molecule has 0 aliphatic carbocycles. The average molecular weight is 391 g/mol. The number of nitrogens with one attached hydrogen (secondary N) is 1. The van der Waals surface area contributed by atoms with Crippen LogP contribution in [0, 0.1) is 5.92 Å². The Hall–Kier alpha value is -1.31. The van der Waals surface area contributed by atoms with Crippen molar-refractivity contribution in [2.75, 3.05) is 19.7 Å². The van der Waals surface area contributed by atoms with Crippen molar-refractivity contribution in [3.8, 4) is 5.75 Å². The first kappa shape index (κ1) is 17.1. The van der Waals surface area contributed by atoms with Gasteiger partial charge < -0.3 is 9.64 Å². The first-order valence-corrected chi connectivity index (χ1v) is 8.04. The molecule has 3 N–H and O–H groups in total. The van der Waals surface area contributed by atoms with Gasteiger partial charge in [-0.05, 0) is 31.0 Å². The average Bonchev–Trinajstić information content (AvgIpc) is 2.53. The Balaban J connectivity index is 1.90. The van der Waals surface area contributed by atoms with Gasteiger partial charge in [-0.1, -0.05) is 27.5 Å². The van der Waals surface area contributed by atoms with E-state index >= 15 is 0 Å². The van der Waals surface area contributed by atoms with E-state index in [1.807, 2.05) is 0 Å². The zero-order valence-electron chi connectivity index (χ0n) is 11.9. The predicted molar refractivity (Wildman–Crippen MR) is 86.3 cm³/mol. The fraction of sp³-hybridized carbons (Fsp3) is 0.429. The highest BCUT2D eigenvalue weighted by atomic mass is 79.9. The molecule has 1 aliphatic heterocycles. The summed E-state index contributed by atoms with van der Waals surface area (Å²) < 4.78 is 6.30. The Kier molecular flexibility index (Phi) is 6.05. The number of likely N-dealkylation sites (tertiary alicyclic amines) is 1. The minimum atomic E-state index is -0.265. The maximum atomic E-state index is 12.2. The molecule has 0 spiro atoms. The van der Waals surface area contributed by atoms with E-state index in [2.05, 4.69) is 21.4 Å². The zero-order valence-corrected chi connectivity index (χ0v) is 14.2. The summed E-state index contributed by atoms with van der Waals surface area (Å²) in [6.45, 7) is 0.863. The van der Waals surface area contributed by atoms with Crippen LogP contribution in [0.5, 0.6) is 5.75 Å². The molecule has 1 fully saturated rings. The zero-order chi connectivity index (χ0) is 16.1. The van der Waals surface area contributed by atoms with E-state index in [-0.39, 0.29) is 24.3 Å². The Morgan fingerprint density at radius 3 is 2.95 bits per heavy atom. The lowest BCUT2D eigenvalue weighted by Crippen LogP contribution is -2.48. The van der Waals surface area contributed by atoms with Crippen LogP contribution in [-0.4, -0.2) is 36.4 Å². The molecule has 1 saturated heterocycles. The van der Waals surface area contributed by atoms with E-state index < -0.39 is 0 Å². The highest BCUT2D eigenvalue weighted by Crippen LogP contribution is 2.27. The van der Waals surface area contributed by atoms with Crippen LogP contribution in [0.3, 0.4) is 0 Å². The van der Waals surface area contributed by atoms with Gasteiger partial charge >= 0.3 is 0 Å². The van der Waals surface area contributed by atoms with Gasteiger partial charge in [0.05, 0.1) is 10.9 Å². The van der Waals surface area contributed by atoms with Crippen molar-refractivity contribution >= 4 is 39.3 Å². The number of hydrazine groups is 1. The Morgan fingerprint density at radius 1 is 1.50 bits per heavy atom. The SMILES string of the molecule is NNC(=O)C1CCCN(C(=O)COc2ccc(Br)cc2Cl)C1. The van der Waals surface area contributed by atoms with Crippen molar-refractivity contribution in [1.29, 1.82) is 0 Å². The van der Waals surface area contributed by atoms with Crippen LogP contribution in [0.1, 0.15) is 12.8 Å². The van der Waals surface area contributed by atoms with Gasteiger partial charge in [0.1, 0.15) is 5.75 Å². The van der Waals surface area contributed by atoms with Crippen molar-refractivity contribution in [1.82, 2.24) is 10.3 Å². The third-order valence-corrected chi connectivity index (χ3v) is 4.32. The largest absolute Gasteiger partial charge is 0.482 e. The molecular formula is C14H17BrClN3O3. The van der Waals surface area contributed by atoms with E-state index in [1.54, 1.807) is 23.1 Å². The number of nitrogens with zero attached hydrogens (tertiary/aromatic N) is 1. The molecule has 0 saturated carbocycles. The lowest BCUT2D eigenvalue weighted by atomic mass is 9.97. The summed E-state index contributed by atoms with van der Waals surface area (Å²) >= 11 is 9.34. The number of hydrogen-bond donors (Lipinski definition) is 2. The molecule has 1 heterocycles. The van der Waals surface area contributed by atoms with Crippen molar-refractivity contribution in [2.45, 2.75) is 12.8 Å². The van der Waals surface area contributed by atoms with E-state index in [0.29, 0.717) is 23.9 Å². The van der Waals surface area contributed by atoms with Crippen molar-refractivity contribution in [3.05, 3.63) is 27.7 Å². The van der Waals surface area contributed by atoms with Crippen LogP contribution in [0.4, 0.5) is 0 Å². The van der Waals surface area contributed by atoms with Crippen molar-refractivity contribution in [2.24, 2.45) is 11.8 Å². The lowest BCUT2D eigenvalue weighted by Gasteiger charge is -2.31. The number of hydrogen-bond acceptors (Lipinski definition) is 4. The molecule has 1 atom stereocenters. The minimum Gasteiger partial charge on any atom is -0.482 e. The number of benzene rings is 1. The molecule has 2 rings (SSSR count). The van der Waals surface area contributed by atoms with Crippen LogP contribution in [0.25, 0.3) is 0 Å². The van der Waals surface area contributed by atoms with Crippen LogP contribution < -0.4 is 16.0 Å². The lowest BCUT2D eigenvalue weighted by molar-refractivity contribution is -0.137. The van der Waals surface area contributed by atoms with Gasteiger partial charge in [-0.3, -0.25) is 15.0 Å². The number of nitrogens with two attached hydrogens (primary N) is 1. The first-order valence-electron chi connectivity index (χ1n) is 6.87. The molecule has 1 aromatic carbocycles. The van der Waals surface area contributed by atoms with Gasteiger partial charge in [-0.2, -0.15) is 0 Å². The highest BCUT2D eigenvalue weighted by molar-refractivity contribution is 9.10. The molecule has 1 aliphatic rings. The van der Waals surface area contributed by atoms with E-state index in [4.69, 9.17) is 22.2 Å². The van der Waals surface area contributed by atoms with Gasteiger partial charge in [0, 0.05) is 17.6 Å². The second-order valence-electron chi connectivity index (χ2n) is 5.05. The summed E-state index contributed by atoms with van der Waals surface area (Å²) in [6.07, 6.45) is 1.50. The summed E-state index contributed by atoms with van der Waals surface area (Å²) in [7, 11) is 0. The van der Waals surface area contributed by atoms with Crippen LogP contribution in [-0.2, 0) is 9.59 Å². The Labute approximate surface area is 142 Å². The Morgan fingerprint density at radius 2 is 2.27 bits per heavy atom. The molecule has 8 heteroatoms. The molecule has 22 heavy (non-hydrogen) atoms. The third kappa shape index (κ3) is 4.34. The van der Waals surface area contributed by atoms with Crippen molar-refractivity contribution < 1.29 is 14.3 Å². The number of rotatable bonds is 4. The molecule has 0 aromatic heterocycles. The number of carbonyl (C=O) groups excluding carboxylic acids is 2. The summed E-state index contributed by atoms with van der Waals surface area (Å²) in [5, 5.41) is 0.432. The minimum absolute atomic E-state index is 0.113. The van der Waals surface area contributed by atoms with Gasteiger partial charge in [0.2, 0.25) is 5.91 Å². The number of amides is 2. The molecule has 120 valence electrons. The van der Waals surface area contributed by atoms with Gasteiger partial charge in [0.15, 0.2) is 6.61 Å². The Bertz CT molecular complexity index is 570. The molecule has 0 bridgehead atoms. The maximum absolute atomic E-state index is 12.2. The predicted octanol–water partition coefficient (Wildman–Crippen LogP) is 1.71. The summed E-state index contributed by atoms with van der Waals surface area (Å²) in [4.78, 5) is 25.4. The van der Waals surface area contributed by atoms with E-state index in [0.717, 1.165) is 17.3 Å². The normalized spacial score (nSPS) is 18.0. The fourth-order valence-electron chi connectivity index (χ4n) is 2.36. The number of carbonyl (C=O) groups is 2. The molecular weight excluding hydrogens is 374 g/mol. The maximum Gasteiger partial charge on any atom is 0.260 e. The van der Waals surface area contributed by atoms with Crippen molar-refractivity contribution in [3.63, 3.8) is 0 Å². The first-order chi connectivity index (χ1) is 10.5. The summed E-state index contributed by atoms with van der Waals surface area (Å²) in [6, 6.07) is 5.18. The fourth-order valence-corrected chi connectivity index (χ4v) is 3.09. The molecule has 0 radical (unpaired) electrons. The van der Waals surface area contributed by atoms with Crippen LogP contribution >= 0.6 is 27.5 Å². The second-order valence-corrected chi connectivity index (χ2v) is 6.37. The smallest absolute Gasteiger partial charge is 0.260 e. The third-order valence-electron chi connectivity index (χ3n) is 3.53. The second kappa shape index (κ2) is 7.80. The van der Waals surface area contributed by atoms with Crippen LogP contribution in [0.2, 0.25) is 5.02 Å². The molecule has 1 aromatic rings. The van der Waals surface area contributed by atoms with Gasteiger partial charge in [0.25, 0.3) is 5.91 Å². The van der Waals surface area contributed by atoms with Gasteiger partial charge in [-0.15, -0.1) is 0 Å².